The number of aromatic nitrogens is 2. The van der Waals surface area contributed by atoms with Crippen molar-refractivity contribution < 1.29 is 5.11 Å². The number of benzene rings is 2. The Hall–Kier alpha value is -2.59. The Labute approximate surface area is 164 Å². The van der Waals surface area contributed by atoms with Crippen molar-refractivity contribution in [1.82, 2.24) is 9.78 Å². The molecular formula is C22H23ClN2O2. The minimum atomic E-state index is -0.293. The molecule has 2 aromatic carbocycles. The van der Waals surface area contributed by atoms with Crippen LogP contribution in [0.4, 0.5) is 0 Å². The van der Waals surface area contributed by atoms with Crippen LogP contribution in [0, 0.1) is 6.92 Å². The third-order valence-corrected chi connectivity index (χ3v) is 5.04. The number of halogens is 1. The highest BCUT2D eigenvalue weighted by Crippen LogP contribution is 2.33. The topological polar surface area (TPSA) is 55.1 Å². The summed E-state index contributed by atoms with van der Waals surface area (Å²) in [7, 11) is 0. The molecule has 0 aliphatic carbocycles. The van der Waals surface area contributed by atoms with Crippen LogP contribution in [0.1, 0.15) is 36.6 Å². The monoisotopic (exact) mass is 382 g/mol. The summed E-state index contributed by atoms with van der Waals surface area (Å²) in [4.78, 5) is 13.1. The third kappa shape index (κ3) is 3.91. The zero-order valence-corrected chi connectivity index (χ0v) is 16.5. The van der Waals surface area contributed by atoms with Gasteiger partial charge in [0.15, 0.2) is 5.75 Å². The van der Waals surface area contributed by atoms with E-state index in [1.54, 1.807) is 0 Å². The van der Waals surface area contributed by atoms with Gasteiger partial charge in [0.05, 0.1) is 5.56 Å². The van der Waals surface area contributed by atoms with Crippen LogP contribution in [0.15, 0.2) is 53.3 Å². The molecule has 5 heteroatoms. The molecular weight excluding hydrogens is 360 g/mol. The molecule has 0 aliphatic heterocycles. The van der Waals surface area contributed by atoms with Crippen molar-refractivity contribution in [2.45, 2.75) is 39.7 Å². The summed E-state index contributed by atoms with van der Waals surface area (Å²) in [6, 6.07) is 15.1. The summed E-state index contributed by atoms with van der Waals surface area (Å²) in [5.41, 5.74) is 3.17. The number of aromatic hydroxyl groups is 1. The Morgan fingerprint density at radius 3 is 2.44 bits per heavy atom. The smallest absolute Gasteiger partial charge is 0.278 e. The van der Waals surface area contributed by atoms with Gasteiger partial charge in [-0.25, -0.2) is 4.68 Å². The van der Waals surface area contributed by atoms with Crippen molar-refractivity contribution in [2.75, 3.05) is 0 Å². The van der Waals surface area contributed by atoms with Gasteiger partial charge in [0.1, 0.15) is 5.69 Å². The molecule has 0 atom stereocenters. The van der Waals surface area contributed by atoms with Crippen LogP contribution >= 0.6 is 11.6 Å². The first kappa shape index (κ1) is 19.2. The summed E-state index contributed by atoms with van der Waals surface area (Å²) in [6.07, 6.45) is 0.585. The minimum Gasteiger partial charge on any atom is -0.505 e. The molecule has 1 aromatic heterocycles. The average Bonchev–Trinajstić information content (AvgIpc) is 2.63. The van der Waals surface area contributed by atoms with Crippen molar-refractivity contribution in [3.8, 4) is 16.9 Å². The number of nitrogens with zero attached hydrogens (tertiary/aromatic N) is 2. The van der Waals surface area contributed by atoms with Crippen molar-refractivity contribution in [3.63, 3.8) is 0 Å². The molecule has 3 rings (SSSR count). The van der Waals surface area contributed by atoms with E-state index < -0.39 is 0 Å². The highest BCUT2D eigenvalue weighted by molar-refractivity contribution is 6.31. The van der Waals surface area contributed by atoms with E-state index in [0.29, 0.717) is 29.2 Å². The van der Waals surface area contributed by atoms with Crippen molar-refractivity contribution in [3.05, 3.63) is 80.7 Å². The molecule has 3 aromatic rings. The van der Waals surface area contributed by atoms with Crippen molar-refractivity contribution in [2.24, 2.45) is 0 Å². The molecule has 0 amide bonds. The molecule has 0 radical (unpaired) electrons. The van der Waals surface area contributed by atoms with E-state index in [-0.39, 0.29) is 17.2 Å². The van der Waals surface area contributed by atoms with E-state index in [9.17, 15) is 9.90 Å². The first-order valence-electron chi connectivity index (χ1n) is 9.03. The normalized spacial score (nSPS) is 11.1. The number of hydrogen-bond acceptors (Lipinski definition) is 3. The van der Waals surface area contributed by atoms with Gasteiger partial charge in [0.2, 0.25) is 0 Å². The Morgan fingerprint density at radius 2 is 1.78 bits per heavy atom. The Kier molecular flexibility index (Phi) is 5.66. The first-order valence-corrected chi connectivity index (χ1v) is 9.41. The van der Waals surface area contributed by atoms with Gasteiger partial charge in [-0.3, -0.25) is 4.79 Å². The van der Waals surface area contributed by atoms with Gasteiger partial charge in [-0.15, -0.1) is 0 Å². The van der Waals surface area contributed by atoms with Crippen LogP contribution in [0.5, 0.6) is 5.75 Å². The molecule has 1 heterocycles. The number of rotatable bonds is 5. The molecule has 0 fully saturated rings. The summed E-state index contributed by atoms with van der Waals surface area (Å²) in [5, 5.41) is 15.9. The van der Waals surface area contributed by atoms with E-state index in [4.69, 9.17) is 11.6 Å². The SMILES string of the molecule is Cc1ccccc1-c1c(O)c(C(C)C)nn(CCc2ccccc2Cl)c1=O. The lowest BCUT2D eigenvalue weighted by molar-refractivity contribution is 0.443. The van der Waals surface area contributed by atoms with E-state index >= 15 is 0 Å². The van der Waals surface area contributed by atoms with Crippen LogP contribution in [0.3, 0.4) is 0 Å². The zero-order valence-electron chi connectivity index (χ0n) is 15.7. The third-order valence-electron chi connectivity index (χ3n) is 4.67. The summed E-state index contributed by atoms with van der Waals surface area (Å²) < 4.78 is 1.44. The van der Waals surface area contributed by atoms with Crippen molar-refractivity contribution >= 4 is 11.6 Å². The van der Waals surface area contributed by atoms with Crippen LogP contribution in [-0.4, -0.2) is 14.9 Å². The molecule has 1 N–H and O–H groups in total. The highest BCUT2D eigenvalue weighted by atomic mass is 35.5. The predicted octanol–water partition coefficient (Wildman–Crippen LogP) is 4.94. The molecule has 4 nitrogen and oxygen atoms in total. The van der Waals surface area contributed by atoms with E-state index in [0.717, 1.165) is 16.7 Å². The van der Waals surface area contributed by atoms with E-state index in [1.807, 2.05) is 69.3 Å². The summed E-state index contributed by atoms with van der Waals surface area (Å²) in [6.45, 7) is 6.22. The van der Waals surface area contributed by atoms with E-state index in [1.165, 1.54) is 4.68 Å². The maximum Gasteiger partial charge on any atom is 0.278 e. The number of aryl methyl sites for hydroxylation is 3. The van der Waals surface area contributed by atoms with Gasteiger partial charge >= 0.3 is 0 Å². The fourth-order valence-electron chi connectivity index (χ4n) is 3.15. The van der Waals surface area contributed by atoms with Gasteiger partial charge in [-0.05, 0) is 36.1 Å². The van der Waals surface area contributed by atoms with Gasteiger partial charge in [-0.2, -0.15) is 5.10 Å². The second-order valence-electron chi connectivity index (χ2n) is 6.95. The van der Waals surface area contributed by atoms with E-state index in [2.05, 4.69) is 5.10 Å². The zero-order chi connectivity index (χ0) is 19.6. The van der Waals surface area contributed by atoms with Crippen LogP contribution in [0.2, 0.25) is 5.02 Å². The maximum absolute atomic E-state index is 13.1. The molecule has 0 saturated heterocycles. The fraction of sp³-hybridized carbons (Fsp3) is 0.273. The first-order chi connectivity index (χ1) is 12.9. The second-order valence-corrected chi connectivity index (χ2v) is 7.36. The predicted molar refractivity (Wildman–Crippen MR) is 110 cm³/mol. The Morgan fingerprint density at radius 1 is 1.11 bits per heavy atom. The fourth-order valence-corrected chi connectivity index (χ4v) is 3.38. The minimum absolute atomic E-state index is 0.0140. The maximum atomic E-state index is 13.1. The molecule has 0 unspecified atom stereocenters. The second kappa shape index (κ2) is 7.97. The summed E-state index contributed by atoms with van der Waals surface area (Å²) >= 11 is 6.24. The largest absolute Gasteiger partial charge is 0.505 e. The summed E-state index contributed by atoms with van der Waals surface area (Å²) in [5.74, 6) is -0.0433. The molecule has 0 spiro atoms. The van der Waals surface area contributed by atoms with Crippen LogP contribution in [0.25, 0.3) is 11.1 Å². The molecule has 140 valence electrons. The lowest BCUT2D eigenvalue weighted by Gasteiger charge is -2.16. The van der Waals surface area contributed by atoms with Gasteiger partial charge in [0.25, 0.3) is 5.56 Å². The van der Waals surface area contributed by atoms with Crippen molar-refractivity contribution in [1.29, 1.82) is 0 Å². The lowest BCUT2D eigenvalue weighted by atomic mass is 9.98. The quantitative estimate of drug-likeness (QED) is 0.679. The Balaban J connectivity index is 2.11. The lowest BCUT2D eigenvalue weighted by Crippen LogP contribution is -2.27. The molecule has 0 saturated carbocycles. The van der Waals surface area contributed by atoms with Crippen LogP contribution in [-0.2, 0) is 13.0 Å². The Bertz CT molecular complexity index is 1030. The van der Waals surface area contributed by atoms with Gasteiger partial charge < -0.3 is 5.11 Å². The molecule has 0 bridgehead atoms. The highest BCUT2D eigenvalue weighted by Gasteiger charge is 2.21. The van der Waals surface area contributed by atoms with Gasteiger partial charge in [0, 0.05) is 17.5 Å². The van der Waals surface area contributed by atoms with Crippen LogP contribution < -0.4 is 5.56 Å². The average molecular weight is 383 g/mol. The molecule has 27 heavy (non-hydrogen) atoms. The molecule has 0 aliphatic rings. The standard InChI is InChI=1S/C22H23ClN2O2/c1-14(2)20-21(26)19(17-10-6-4-8-15(17)3)22(27)25(24-20)13-12-16-9-5-7-11-18(16)23/h4-11,14,26H,12-13H2,1-3H3. The number of hydrogen-bond donors (Lipinski definition) is 1. The van der Waals surface area contributed by atoms with Gasteiger partial charge in [-0.1, -0.05) is 67.9 Å².